The van der Waals surface area contributed by atoms with E-state index in [1.807, 2.05) is 0 Å². The number of anilines is 1. The van der Waals surface area contributed by atoms with E-state index in [-0.39, 0.29) is 5.91 Å². The second-order valence-electron chi connectivity index (χ2n) is 5.60. The summed E-state index contributed by atoms with van der Waals surface area (Å²) in [6, 6.07) is 4.27. The van der Waals surface area contributed by atoms with Crippen LogP contribution >= 0.6 is 0 Å². The van der Waals surface area contributed by atoms with E-state index in [1.54, 1.807) is 11.8 Å². The highest BCUT2D eigenvalue weighted by atomic mass is 32.2. The highest BCUT2D eigenvalue weighted by Crippen LogP contribution is 2.23. The van der Waals surface area contributed by atoms with Crippen LogP contribution in [0.3, 0.4) is 0 Å². The Balaban J connectivity index is 2.29. The zero-order valence-electron chi connectivity index (χ0n) is 12.8. The van der Waals surface area contributed by atoms with Gasteiger partial charge in [0.2, 0.25) is 15.9 Å². The number of amides is 1. The fourth-order valence-electron chi connectivity index (χ4n) is 2.77. The molecule has 0 aliphatic carbocycles. The Hall–Kier alpha value is -1.63. The van der Waals surface area contributed by atoms with Gasteiger partial charge >= 0.3 is 0 Å². The predicted octanol–water partition coefficient (Wildman–Crippen LogP) is 1.99. The lowest BCUT2D eigenvalue weighted by atomic mass is 10.1. The van der Waals surface area contributed by atoms with E-state index in [2.05, 4.69) is 0 Å². The molecule has 1 amide bonds. The van der Waals surface area contributed by atoms with Gasteiger partial charge in [-0.3, -0.25) is 9.10 Å². The molecule has 7 heteroatoms. The van der Waals surface area contributed by atoms with Crippen LogP contribution in [-0.4, -0.2) is 44.6 Å². The minimum absolute atomic E-state index is 0.213. The number of carbonyl (C=O) groups is 1. The summed E-state index contributed by atoms with van der Waals surface area (Å²) in [5.74, 6) is -0.665. The lowest BCUT2D eigenvalue weighted by Gasteiger charge is -2.34. The van der Waals surface area contributed by atoms with Crippen LogP contribution in [-0.2, 0) is 14.8 Å². The number of rotatable bonds is 4. The van der Waals surface area contributed by atoms with Crippen LogP contribution in [0.2, 0.25) is 0 Å². The monoisotopic (exact) mass is 328 g/mol. The van der Waals surface area contributed by atoms with Crippen LogP contribution in [0, 0.1) is 5.82 Å². The molecule has 1 heterocycles. The lowest BCUT2D eigenvalue weighted by Crippen LogP contribution is -2.50. The number of sulfonamides is 1. The Bertz CT molecular complexity index is 625. The van der Waals surface area contributed by atoms with Crippen molar-refractivity contribution in [3.05, 3.63) is 30.1 Å². The van der Waals surface area contributed by atoms with Crippen molar-refractivity contribution < 1.29 is 17.6 Å². The number of halogens is 1. The largest absolute Gasteiger partial charge is 0.341 e. The molecule has 1 aliphatic rings. The summed E-state index contributed by atoms with van der Waals surface area (Å²) in [5, 5.41) is 0. The number of carbonyl (C=O) groups excluding carboxylic acids is 1. The summed E-state index contributed by atoms with van der Waals surface area (Å²) in [7, 11) is -3.65. The van der Waals surface area contributed by atoms with Crippen molar-refractivity contribution in [1.29, 1.82) is 0 Å². The molecule has 1 aliphatic heterocycles. The van der Waals surface area contributed by atoms with Gasteiger partial charge in [0.25, 0.3) is 0 Å². The fourth-order valence-corrected chi connectivity index (χ4v) is 3.94. The van der Waals surface area contributed by atoms with E-state index >= 15 is 0 Å². The number of hydrogen-bond acceptors (Lipinski definition) is 3. The Morgan fingerprint density at radius 3 is 2.23 bits per heavy atom. The Kier molecular flexibility index (Phi) is 5.05. The van der Waals surface area contributed by atoms with Gasteiger partial charge in [0, 0.05) is 13.1 Å². The molecule has 1 fully saturated rings. The number of piperidine rings is 1. The summed E-state index contributed by atoms with van der Waals surface area (Å²) in [6.45, 7) is 2.88. The Morgan fingerprint density at radius 1 is 1.18 bits per heavy atom. The first kappa shape index (κ1) is 16.7. The van der Waals surface area contributed by atoms with Gasteiger partial charge < -0.3 is 4.90 Å². The number of likely N-dealkylation sites (tertiary alicyclic amines) is 1. The molecule has 122 valence electrons. The smallest absolute Gasteiger partial charge is 0.246 e. The van der Waals surface area contributed by atoms with Gasteiger partial charge in [0.05, 0.1) is 11.9 Å². The van der Waals surface area contributed by atoms with Crippen molar-refractivity contribution in [3.63, 3.8) is 0 Å². The average Bonchev–Trinajstić information content (AvgIpc) is 2.48. The maximum atomic E-state index is 13.1. The number of nitrogens with zero attached hydrogens (tertiary/aromatic N) is 2. The quantitative estimate of drug-likeness (QED) is 0.849. The van der Waals surface area contributed by atoms with Crippen molar-refractivity contribution in [2.75, 3.05) is 23.7 Å². The van der Waals surface area contributed by atoms with E-state index in [0.29, 0.717) is 18.8 Å². The first-order valence-electron chi connectivity index (χ1n) is 7.34. The van der Waals surface area contributed by atoms with Crippen LogP contribution in [0.15, 0.2) is 24.3 Å². The molecule has 2 rings (SSSR count). The average molecular weight is 328 g/mol. The molecule has 5 nitrogen and oxygen atoms in total. The third-order valence-corrected chi connectivity index (χ3v) is 5.06. The predicted molar refractivity (Wildman–Crippen MR) is 83.6 cm³/mol. The minimum Gasteiger partial charge on any atom is -0.341 e. The maximum absolute atomic E-state index is 13.1. The third-order valence-electron chi connectivity index (χ3n) is 3.82. The van der Waals surface area contributed by atoms with Crippen LogP contribution in [0.5, 0.6) is 0 Å². The number of hydrogen-bond donors (Lipinski definition) is 0. The molecule has 1 saturated heterocycles. The van der Waals surface area contributed by atoms with E-state index in [9.17, 15) is 17.6 Å². The molecule has 0 radical (unpaired) electrons. The van der Waals surface area contributed by atoms with E-state index in [0.717, 1.165) is 29.8 Å². The van der Waals surface area contributed by atoms with E-state index < -0.39 is 21.9 Å². The van der Waals surface area contributed by atoms with Gasteiger partial charge in [0.1, 0.15) is 11.9 Å². The molecule has 22 heavy (non-hydrogen) atoms. The summed E-state index contributed by atoms with van der Waals surface area (Å²) in [6.07, 6.45) is 4.02. The maximum Gasteiger partial charge on any atom is 0.246 e. The van der Waals surface area contributed by atoms with Crippen molar-refractivity contribution in [2.24, 2.45) is 0 Å². The molecule has 0 saturated carbocycles. The van der Waals surface area contributed by atoms with Gasteiger partial charge in [-0.15, -0.1) is 0 Å². The number of benzene rings is 1. The molecule has 0 aromatic heterocycles. The second-order valence-corrected chi connectivity index (χ2v) is 7.46. The highest BCUT2D eigenvalue weighted by Gasteiger charge is 2.32. The van der Waals surface area contributed by atoms with Crippen molar-refractivity contribution in [3.8, 4) is 0 Å². The summed E-state index contributed by atoms with van der Waals surface area (Å²) < 4.78 is 38.3. The van der Waals surface area contributed by atoms with Crippen molar-refractivity contribution in [2.45, 2.75) is 32.2 Å². The summed E-state index contributed by atoms with van der Waals surface area (Å²) in [5.41, 5.74) is 0.293. The topological polar surface area (TPSA) is 57.7 Å². The fraction of sp³-hybridized carbons (Fsp3) is 0.533. The third kappa shape index (κ3) is 3.76. The van der Waals surface area contributed by atoms with Gasteiger partial charge in [-0.2, -0.15) is 0 Å². The normalized spacial score (nSPS) is 17.1. The van der Waals surface area contributed by atoms with Crippen LogP contribution in [0.4, 0.5) is 10.1 Å². The van der Waals surface area contributed by atoms with Crippen molar-refractivity contribution in [1.82, 2.24) is 4.90 Å². The van der Waals surface area contributed by atoms with Crippen LogP contribution in [0.1, 0.15) is 26.2 Å². The second kappa shape index (κ2) is 6.64. The van der Waals surface area contributed by atoms with Crippen LogP contribution < -0.4 is 4.31 Å². The SMILES string of the molecule is CC(C(=O)N1CCCCC1)N(c1ccc(F)cc1)S(C)(=O)=O. The molecular weight excluding hydrogens is 307 g/mol. The van der Waals surface area contributed by atoms with E-state index in [4.69, 9.17) is 0 Å². The van der Waals surface area contributed by atoms with Gasteiger partial charge in [-0.1, -0.05) is 0 Å². The minimum atomic E-state index is -3.65. The summed E-state index contributed by atoms with van der Waals surface area (Å²) in [4.78, 5) is 14.3. The molecule has 0 bridgehead atoms. The molecule has 0 N–H and O–H groups in total. The van der Waals surface area contributed by atoms with Crippen molar-refractivity contribution >= 4 is 21.6 Å². The molecule has 1 aromatic carbocycles. The first-order chi connectivity index (χ1) is 10.3. The van der Waals surface area contributed by atoms with Gasteiger partial charge in [-0.25, -0.2) is 12.8 Å². The molecule has 1 unspecified atom stereocenters. The van der Waals surface area contributed by atoms with Gasteiger partial charge in [0.15, 0.2) is 0 Å². The summed E-state index contributed by atoms with van der Waals surface area (Å²) >= 11 is 0. The highest BCUT2D eigenvalue weighted by molar-refractivity contribution is 7.92. The molecular formula is C15H21FN2O3S. The molecule has 1 atom stereocenters. The Morgan fingerprint density at radius 2 is 1.73 bits per heavy atom. The van der Waals surface area contributed by atoms with E-state index in [1.165, 1.54) is 24.3 Å². The van der Waals surface area contributed by atoms with Gasteiger partial charge in [-0.05, 0) is 50.5 Å². The standard InChI is InChI=1S/C15H21FN2O3S/c1-12(15(19)17-10-4-3-5-11-17)18(22(2,20)21)14-8-6-13(16)7-9-14/h6-9,12H,3-5,10-11H2,1-2H3. The Labute approximate surface area is 130 Å². The zero-order valence-corrected chi connectivity index (χ0v) is 13.6. The van der Waals surface area contributed by atoms with Crippen LogP contribution in [0.25, 0.3) is 0 Å². The zero-order chi connectivity index (χ0) is 16.3. The molecule has 1 aromatic rings. The molecule has 0 spiro atoms. The first-order valence-corrected chi connectivity index (χ1v) is 9.19. The lowest BCUT2D eigenvalue weighted by molar-refractivity contribution is -0.132.